The minimum absolute atomic E-state index is 0.132. The van der Waals surface area contributed by atoms with Crippen molar-refractivity contribution < 1.29 is 4.79 Å². The van der Waals surface area contributed by atoms with Gasteiger partial charge in [-0.2, -0.15) is 0 Å². The van der Waals surface area contributed by atoms with Crippen LogP contribution in [-0.4, -0.2) is 62.1 Å². The van der Waals surface area contributed by atoms with E-state index in [1.807, 2.05) is 4.90 Å². The van der Waals surface area contributed by atoms with E-state index >= 15 is 0 Å². The van der Waals surface area contributed by atoms with E-state index < -0.39 is 0 Å². The van der Waals surface area contributed by atoms with Crippen LogP contribution >= 0.6 is 0 Å². The lowest BCUT2D eigenvalue weighted by molar-refractivity contribution is 0.186. The number of amides is 2. The first-order valence-electron chi connectivity index (χ1n) is 9.66. The minimum atomic E-state index is 0.132. The molecule has 2 aliphatic rings. The van der Waals surface area contributed by atoms with Gasteiger partial charge in [-0.1, -0.05) is 31.4 Å². The molecule has 1 heterocycles. The summed E-state index contributed by atoms with van der Waals surface area (Å²) in [5.74, 6) is 0. The number of urea groups is 1. The summed E-state index contributed by atoms with van der Waals surface area (Å²) in [6.07, 6.45) is 6.11. The van der Waals surface area contributed by atoms with E-state index in [0.29, 0.717) is 6.04 Å². The molecule has 0 atom stereocenters. The third-order valence-corrected chi connectivity index (χ3v) is 5.27. The van der Waals surface area contributed by atoms with Gasteiger partial charge in [-0.25, -0.2) is 4.79 Å². The summed E-state index contributed by atoms with van der Waals surface area (Å²) in [5.41, 5.74) is 2.60. The fourth-order valence-corrected chi connectivity index (χ4v) is 3.90. The molecule has 1 aliphatic heterocycles. The average Bonchev–Trinajstić information content (AvgIpc) is 2.62. The Hall–Kier alpha value is -1.75. The van der Waals surface area contributed by atoms with Crippen molar-refractivity contribution in [2.24, 2.45) is 0 Å². The largest absolute Gasteiger partial charge is 0.368 e. The molecule has 5 nitrogen and oxygen atoms in total. The first-order valence-corrected chi connectivity index (χ1v) is 9.66. The van der Waals surface area contributed by atoms with E-state index in [2.05, 4.69) is 53.5 Å². The first-order chi connectivity index (χ1) is 12.1. The number of carbonyl (C=O) groups is 1. The van der Waals surface area contributed by atoms with E-state index in [0.717, 1.165) is 45.6 Å². The van der Waals surface area contributed by atoms with Gasteiger partial charge in [0.05, 0.1) is 0 Å². The van der Waals surface area contributed by atoms with Crippen LogP contribution in [0, 0.1) is 0 Å². The predicted molar refractivity (Wildman–Crippen MR) is 103 cm³/mol. The molecular weight excluding hydrogens is 312 g/mol. The lowest BCUT2D eigenvalue weighted by atomic mass is 9.96. The van der Waals surface area contributed by atoms with Crippen LogP contribution in [0.4, 0.5) is 10.5 Å². The summed E-state index contributed by atoms with van der Waals surface area (Å²) in [4.78, 5) is 19.0. The van der Waals surface area contributed by atoms with Crippen molar-refractivity contribution in [3.63, 3.8) is 0 Å². The lowest BCUT2D eigenvalue weighted by Crippen LogP contribution is -2.53. The zero-order chi connectivity index (χ0) is 17.6. The van der Waals surface area contributed by atoms with Crippen LogP contribution in [0.1, 0.15) is 37.7 Å². The van der Waals surface area contributed by atoms with Gasteiger partial charge in [0.15, 0.2) is 0 Å². The normalized spacial score (nSPS) is 19.3. The molecule has 2 fully saturated rings. The Morgan fingerprint density at radius 1 is 1.12 bits per heavy atom. The minimum Gasteiger partial charge on any atom is -0.368 e. The highest BCUT2D eigenvalue weighted by atomic mass is 16.2. The molecule has 0 unspecified atom stereocenters. The Morgan fingerprint density at radius 3 is 2.52 bits per heavy atom. The maximum atomic E-state index is 12.5. The molecule has 0 bridgehead atoms. The molecule has 138 valence electrons. The maximum Gasteiger partial charge on any atom is 0.317 e. The number of rotatable bonds is 4. The fourth-order valence-electron chi connectivity index (χ4n) is 3.90. The Kier molecular flexibility index (Phi) is 6.19. The van der Waals surface area contributed by atoms with E-state index in [-0.39, 0.29) is 6.03 Å². The predicted octanol–water partition coefficient (Wildman–Crippen LogP) is 2.91. The summed E-state index contributed by atoms with van der Waals surface area (Å²) < 4.78 is 0. The van der Waals surface area contributed by atoms with Gasteiger partial charge in [0.25, 0.3) is 0 Å². The van der Waals surface area contributed by atoms with Crippen LogP contribution in [0.15, 0.2) is 24.3 Å². The van der Waals surface area contributed by atoms with E-state index in [4.69, 9.17) is 0 Å². The van der Waals surface area contributed by atoms with Gasteiger partial charge in [-0.3, -0.25) is 0 Å². The number of nitrogens with zero attached hydrogens (tertiary/aromatic N) is 3. The molecule has 0 radical (unpaired) electrons. The van der Waals surface area contributed by atoms with E-state index in [9.17, 15) is 4.79 Å². The topological polar surface area (TPSA) is 38.8 Å². The van der Waals surface area contributed by atoms with Gasteiger partial charge in [0.2, 0.25) is 0 Å². The van der Waals surface area contributed by atoms with Crippen LogP contribution in [0.2, 0.25) is 0 Å². The number of carbonyl (C=O) groups excluding carboxylic acids is 1. The van der Waals surface area contributed by atoms with Crippen molar-refractivity contribution in [2.45, 2.75) is 44.7 Å². The summed E-state index contributed by atoms with van der Waals surface area (Å²) in [6, 6.07) is 9.29. The number of hydrogen-bond donors (Lipinski definition) is 1. The third-order valence-electron chi connectivity index (χ3n) is 5.27. The standard InChI is InChI=1S/C20H32N4O/c1-22(2)16-17-7-6-10-19(15-17)23-11-13-24(14-12-23)20(25)21-18-8-4-3-5-9-18/h6-7,10,15,18H,3-5,8-9,11-14,16H2,1-2H3,(H,21,25). The van der Waals surface area contributed by atoms with Gasteiger partial charge < -0.3 is 20.0 Å². The molecule has 1 N–H and O–H groups in total. The van der Waals surface area contributed by atoms with Crippen LogP contribution < -0.4 is 10.2 Å². The zero-order valence-electron chi connectivity index (χ0n) is 15.7. The summed E-state index contributed by atoms with van der Waals surface area (Å²) in [6.45, 7) is 4.37. The number of benzene rings is 1. The van der Waals surface area contributed by atoms with Gasteiger partial charge in [0.1, 0.15) is 0 Å². The van der Waals surface area contributed by atoms with Gasteiger partial charge >= 0.3 is 6.03 Å². The van der Waals surface area contributed by atoms with Crippen LogP contribution in [0.25, 0.3) is 0 Å². The third kappa shape index (κ3) is 5.11. The molecule has 0 spiro atoms. The summed E-state index contributed by atoms with van der Waals surface area (Å²) in [7, 11) is 4.19. The number of hydrogen-bond acceptors (Lipinski definition) is 3. The highest BCUT2D eigenvalue weighted by molar-refractivity contribution is 5.75. The molecule has 1 aromatic carbocycles. The maximum absolute atomic E-state index is 12.5. The molecule has 3 rings (SSSR count). The number of anilines is 1. The Morgan fingerprint density at radius 2 is 1.84 bits per heavy atom. The monoisotopic (exact) mass is 344 g/mol. The van der Waals surface area contributed by atoms with E-state index in [1.165, 1.54) is 30.5 Å². The number of nitrogens with one attached hydrogen (secondary N) is 1. The van der Waals surface area contributed by atoms with Crippen LogP contribution in [0.3, 0.4) is 0 Å². The lowest BCUT2D eigenvalue weighted by Gasteiger charge is -2.37. The zero-order valence-corrected chi connectivity index (χ0v) is 15.7. The van der Waals surface area contributed by atoms with Crippen LogP contribution in [-0.2, 0) is 6.54 Å². The first kappa shape index (κ1) is 18.1. The van der Waals surface area contributed by atoms with Crippen molar-refractivity contribution in [2.75, 3.05) is 45.2 Å². The highest BCUT2D eigenvalue weighted by Gasteiger charge is 2.24. The summed E-state index contributed by atoms with van der Waals surface area (Å²) >= 11 is 0. The molecule has 1 aliphatic carbocycles. The molecular formula is C20H32N4O. The highest BCUT2D eigenvalue weighted by Crippen LogP contribution is 2.20. The Bertz CT molecular complexity index is 561. The SMILES string of the molecule is CN(C)Cc1cccc(N2CCN(C(=O)NC3CCCCC3)CC2)c1. The van der Waals surface area contributed by atoms with Crippen molar-refractivity contribution in [1.29, 1.82) is 0 Å². The van der Waals surface area contributed by atoms with Gasteiger partial charge in [-0.15, -0.1) is 0 Å². The Balaban J connectivity index is 1.50. The van der Waals surface area contributed by atoms with Gasteiger partial charge in [0, 0.05) is 44.5 Å². The van der Waals surface area contributed by atoms with Gasteiger partial charge in [-0.05, 0) is 44.6 Å². The van der Waals surface area contributed by atoms with Crippen molar-refractivity contribution in [1.82, 2.24) is 15.1 Å². The average molecular weight is 345 g/mol. The van der Waals surface area contributed by atoms with Crippen molar-refractivity contribution >= 4 is 11.7 Å². The molecule has 1 saturated carbocycles. The molecule has 5 heteroatoms. The molecule has 1 aromatic rings. The second-order valence-corrected chi connectivity index (χ2v) is 7.67. The molecule has 25 heavy (non-hydrogen) atoms. The molecule has 2 amide bonds. The van der Waals surface area contributed by atoms with Crippen molar-refractivity contribution in [3.8, 4) is 0 Å². The Labute approximate surface area is 152 Å². The van der Waals surface area contributed by atoms with E-state index in [1.54, 1.807) is 0 Å². The quantitative estimate of drug-likeness (QED) is 0.913. The number of piperazine rings is 1. The summed E-state index contributed by atoms with van der Waals surface area (Å²) in [5, 5.41) is 3.24. The van der Waals surface area contributed by atoms with Crippen LogP contribution in [0.5, 0.6) is 0 Å². The van der Waals surface area contributed by atoms with Crippen molar-refractivity contribution in [3.05, 3.63) is 29.8 Å². The molecule has 1 saturated heterocycles. The molecule has 0 aromatic heterocycles. The fraction of sp³-hybridized carbons (Fsp3) is 0.650. The second kappa shape index (κ2) is 8.56. The second-order valence-electron chi connectivity index (χ2n) is 7.67. The smallest absolute Gasteiger partial charge is 0.317 e.